The zero-order chi connectivity index (χ0) is 24.5. The molecule has 1 amide bonds. The van der Waals surface area contributed by atoms with Crippen LogP contribution in [0.15, 0.2) is 60.7 Å². The Morgan fingerprint density at radius 1 is 0.806 bits per heavy atom. The maximum Gasteiger partial charge on any atom is 0.251 e. The van der Waals surface area contributed by atoms with E-state index in [4.69, 9.17) is 18.9 Å². The van der Waals surface area contributed by atoms with Gasteiger partial charge in [0.2, 0.25) is 13.6 Å². The molecule has 9 heteroatoms. The Morgan fingerprint density at radius 3 is 2.17 bits per heavy atom. The SMILES string of the molecule is O=C(NC[C@@H](c1ccc2c(c1)OCO2)N1CCN(c2ccc(F)cc2)CC1)c1ccc2c(c1)OCO2. The van der Waals surface area contributed by atoms with Gasteiger partial charge in [-0.05, 0) is 60.2 Å². The van der Waals surface area contributed by atoms with Gasteiger partial charge in [0.1, 0.15) is 5.82 Å². The predicted octanol–water partition coefficient (Wildman–Crippen LogP) is 3.58. The Morgan fingerprint density at radius 2 is 1.44 bits per heavy atom. The highest BCUT2D eigenvalue weighted by atomic mass is 19.1. The zero-order valence-corrected chi connectivity index (χ0v) is 19.6. The lowest BCUT2D eigenvalue weighted by atomic mass is 10.0. The first kappa shape index (κ1) is 22.5. The Hall–Kier alpha value is -3.98. The molecule has 3 aliphatic rings. The van der Waals surface area contributed by atoms with Gasteiger partial charge in [-0.15, -0.1) is 0 Å². The highest BCUT2D eigenvalue weighted by Crippen LogP contribution is 2.36. The van der Waals surface area contributed by atoms with E-state index in [1.807, 2.05) is 30.3 Å². The van der Waals surface area contributed by atoms with Crippen LogP contribution in [0.1, 0.15) is 22.0 Å². The second kappa shape index (κ2) is 9.58. The van der Waals surface area contributed by atoms with Crippen LogP contribution in [0.5, 0.6) is 23.0 Å². The Labute approximate surface area is 208 Å². The first-order chi connectivity index (χ1) is 17.6. The number of carbonyl (C=O) groups excluding carboxylic acids is 1. The molecule has 0 bridgehead atoms. The van der Waals surface area contributed by atoms with Gasteiger partial charge in [-0.3, -0.25) is 9.69 Å². The first-order valence-corrected chi connectivity index (χ1v) is 12.0. The molecule has 0 aliphatic carbocycles. The van der Waals surface area contributed by atoms with Crippen LogP contribution in [0.2, 0.25) is 0 Å². The smallest absolute Gasteiger partial charge is 0.251 e. The number of nitrogens with zero attached hydrogens (tertiary/aromatic N) is 2. The molecule has 3 aromatic carbocycles. The highest BCUT2D eigenvalue weighted by Gasteiger charge is 2.28. The standard InChI is InChI=1S/C27H26FN3O5/c28-20-3-5-21(6-4-20)30-9-11-31(12-10-30)22(18-1-7-23-25(13-18)35-16-33-23)15-29-27(32)19-2-8-24-26(14-19)36-17-34-24/h1-8,13-14,22H,9-12,15-17H2,(H,29,32)/t22-/m0/s1. The number of halogens is 1. The van der Waals surface area contributed by atoms with E-state index in [-0.39, 0.29) is 31.4 Å². The molecular formula is C27H26FN3O5. The van der Waals surface area contributed by atoms with Crippen molar-refractivity contribution in [1.82, 2.24) is 10.2 Å². The number of fused-ring (bicyclic) bond motifs is 2. The first-order valence-electron chi connectivity index (χ1n) is 12.0. The summed E-state index contributed by atoms with van der Waals surface area (Å²) in [5.41, 5.74) is 2.57. The molecule has 0 aromatic heterocycles. The summed E-state index contributed by atoms with van der Waals surface area (Å²) in [5, 5.41) is 3.10. The van der Waals surface area contributed by atoms with Crippen LogP contribution in [0, 0.1) is 5.82 Å². The van der Waals surface area contributed by atoms with Crippen LogP contribution in [-0.4, -0.2) is 57.1 Å². The maximum absolute atomic E-state index is 13.3. The second-order valence-electron chi connectivity index (χ2n) is 8.91. The van der Waals surface area contributed by atoms with E-state index >= 15 is 0 Å². The molecule has 8 nitrogen and oxygen atoms in total. The summed E-state index contributed by atoms with van der Waals surface area (Å²) < 4.78 is 35.2. The normalized spacial score (nSPS) is 17.2. The van der Waals surface area contributed by atoms with Crippen LogP contribution in [0.3, 0.4) is 0 Å². The number of nitrogens with one attached hydrogen (secondary N) is 1. The number of anilines is 1. The van der Waals surface area contributed by atoms with Gasteiger partial charge in [-0.2, -0.15) is 0 Å². The van der Waals surface area contributed by atoms with Crippen molar-refractivity contribution in [2.45, 2.75) is 6.04 Å². The van der Waals surface area contributed by atoms with Crippen LogP contribution in [0.4, 0.5) is 10.1 Å². The van der Waals surface area contributed by atoms with Crippen molar-refractivity contribution in [2.24, 2.45) is 0 Å². The monoisotopic (exact) mass is 491 g/mol. The molecule has 1 saturated heterocycles. The van der Waals surface area contributed by atoms with Crippen LogP contribution in [-0.2, 0) is 0 Å². The average molecular weight is 492 g/mol. The molecule has 6 rings (SSSR count). The molecule has 0 saturated carbocycles. The predicted molar refractivity (Wildman–Crippen MR) is 130 cm³/mol. The van der Waals surface area contributed by atoms with Crippen molar-refractivity contribution < 1.29 is 28.1 Å². The fraction of sp³-hybridized carbons (Fsp3) is 0.296. The summed E-state index contributed by atoms with van der Waals surface area (Å²) in [5.74, 6) is 2.24. The van der Waals surface area contributed by atoms with E-state index in [0.29, 0.717) is 29.4 Å². The minimum absolute atomic E-state index is 0.0622. The third-order valence-corrected chi connectivity index (χ3v) is 6.82. The van der Waals surface area contributed by atoms with Crippen molar-refractivity contribution >= 4 is 11.6 Å². The molecule has 0 unspecified atom stereocenters. The third-order valence-electron chi connectivity index (χ3n) is 6.82. The van der Waals surface area contributed by atoms with Gasteiger partial charge in [0, 0.05) is 44.0 Å². The van der Waals surface area contributed by atoms with Gasteiger partial charge in [-0.25, -0.2) is 4.39 Å². The Bertz CT molecular complexity index is 1260. The van der Waals surface area contributed by atoms with Crippen LogP contribution in [0.25, 0.3) is 0 Å². The number of amides is 1. The molecule has 0 radical (unpaired) electrons. The molecule has 1 N–H and O–H groups in total. The van der Waals surface area contributed by atoms with Crippen molar-refractivity contribution in [1.29, 1.82) is 0 Å². The second-order valence-corrected chi connectivity index (χ2v) is 8.91. The van der Waals surface area contributed by atoms with E-state index in [1.54, 1.807) is 18.2 Å². The topological polar surface area (TPSA) is 72.5 Å². The zero-order valence-electron chi connectivity index (χ0n) is 19.6. The summed E-state index contributed by atoms with van der Waals surface area (Å²) >= 11 is 0. The number of benzene rings is 3. The van der Waals surface area contributed by atoms with Gasteiger partial charge in [0.15, 0.2) is 23.0 Å². The van der Waals surface area contributed by atoms with Crippen LogP contribution < -0.4 is 29.2 Å². The minimum Gasteiger partial charge on any atom is -0.454 e. The quantitative estimate of drug-likeness (QED) is 0.565. The summed E-state index contributed by atoms with van der Waals surface area (Å²) in [4.78, 5) is 17.6. The molecule has 3 aromatic rings. The van der Waals surface area contributed by atoms with Gasteiger partial charge in [-0.1, -0.05) is 6.07 Å². The lowest BCUT2D eigenvalue weighted by Crippen LogP contribution is -2.50. The average Bonchev–Trinajstić information content (AvgIpc) is 3.58. The highest BCUT2D eigenvalue weighted by molar-refractivity contribution is 5.95. The van der Waals surface area contributed by atoms with E-state index < -0.39 is 0 Å². The van der Waals surface area contributed by atoms with Crippen molar-refractivity contribution in [3.8, 4) is 23.0 Å². The number of rotatable bonds is 6. The minimum atomic E-state index is -0.238. The molecule has 0 spiro atoms. The number of carbonyl (C=O) groups is 1. The van der Waals surface area contributed by atoms with Crippen LogP contribution >= 0.6 is 0 Å². The Balaban J connectivity index is 1.18. The molecular weight excluding hydrogens is 465 g/mol. The molecule has 3 heterocycles. The number of piperazine rings is 1. The lowest BCUT2D eigenvalue weighted by Gasteiger charge is -2.40. The van der Waals surface area contributed by atoms with E-state index in [0.717, 1.165) is 43.2 Å². The van der Waals surface area contributed by atoms with Gasteiger partial charge < -0.3 is 29.2 Å². The summed E-state index contributed by atoms with van der Waals surface area (Å²) in [6, 6.07) is 17.7. The summed E-state index contributed by atoms with van der Waals surface area (Å²) in [6.45, 7) is 3.96. The molecule has 186 valence electrons. The molecule has 1 fully saturated rings. The number of hydrogen-bond donors (Lipinski definition) is 1. The van der Waals surface area contributed by atoms with E-state index in [9.17, 15) is 9.18 Å². The van der Waals surface area contributed by atoms with Crippen molar-refractivity contribution in [3.63, 3.8) is 0 Å². The largest absolute Gasteiger partial charge is 0.454 e. The molecule has 36 heavy (non-hydrogen) atoms. The van der Waals surface area contributed by atoms with Gasteiger partial charge in [0.25, 0.3) is 5.91 Å². The number of hydrogen-bond acceptors (Lipinski definition) is 7. The lowest BCUT2D eigenvalue weighted by molar-refractivity contribution is 0.0929. The summed E-state index contributed by atoms with van der Waals surface area (Å²) in [6.07, 6.45) is 0. The Kier molecular flexibility index (Phi) is 5.98. The van der Waals surface area contributed by atoms with E-state index in [2.05, 4.69) is 15.1 Å². The van der Waals surface area contributed by atoms with Crippen molar-refractivity contribution in [2.75, 3.05) is 51.2 Å². The van der Waals surface area contributed by atoms with E-state index in [1.165, 1.54) is 12.1 Å². The fourth-order valence-corrected chi connectivity index (χ4v) is 4.85. The summed E-state index contributed by atoms with van der Waals surface area (Å²) in [7, 11) is 0. The van der Waals surface area contributed by atoms with Gasteiger partial charge >= 0.3 is 0 Å². The fourth-order valence-electron chi connectivity index (χ4n) is 4.85. The maximum atomic E-state index is 13.3. The number of ether oxygens (including phenoxy) is 4. The van der Waals surface area contributed by atoms with Gasteiger partial charge in [0.05, 0.1) is 6.04 Å². The molecule has 1 atom stereocenters. The van der Waals surface area contributed by atoms with Crippen molar-refractivity contribution in [3.05, 3.63) is 77.6 Å². The molecule has 3 aliphatic heterocycles. The third kappa shape index (κ3) is 4.49.